The second-order valence-electron chi connectivity index (χ2n) is 4.59. The van der Waals surface area contributed by atoms with Crippen LogP contribution in [0.4, 0.5) is 13.2 Å². The first-order chi connectivity index (χ1) is 7.61. The highest BCUT2D eigenvalue weighted by molar-refractivity contribution is 5.84. The van der Waals surface area contributed by atoms with Crippen molar-refractivity contribution in [3.8, 4) is 0 Å². The van der Waals surface area contributed by atoms with Gasteiger partial charge in [0.1, 0.15) is 0 Å². The Hall–Kier alpha value is -1.27. The predicted molar refractivity (Wildman–Crippen MR) is 52.2 cm³/mol. The molecule has 0 aromatic carbocycles. The van der Waals surface area contributed by atoms with Crippen molar-refractivity contribution in [2.24, 2.45) is 11.3 Å². The Balaban J connectivity index is 2.88. The first kappa shape index (κ1) is 13.8. The Morgan fingerprint density at radius 1 is 1.35 bits per heavy atom. The van der Waals surface area contributed by atoms with Crippen molar-refractivity contribution < 1.29 is 27.9 Å². The smallest absolute Gasteiger partial charge is 0.471 e. The predicted octanol–water partition coefficient (Wildman–Crippen LogP) is 1.51. The molecule has 0 aromatic heterocycles. The molecule has 1 unspecified atom stereocenters. The third-order valence-electron chi connectivity index (χ3n) is 3.36. The van der Waals surface area contributed by atoms with Gasteiger partial charge in [0.05, 0.1) is 5.41 Å². The number of carboxylic acid groups (broad SMARTS) is 1. The van der Waals surface area contributed by atoms with E-state index in [1.54, 1.807) is 13.8 Å². The molecule has 1 heterocycles. The number of aliphatic carboxylic acids is 1. The summed E-state index contributed by atoms with van der Waals surface area (Å²) in [6.45, 7) is 2.73. The summed E-state index contributed by atoms with van der Waals surface area (Å²) >= 11 is 0. The number of halogens is 3. The molecule has 0 spiro atoms. The molecular formula is C10H14F3NO3. The van der Waals surface area contributed by atoms with Crippen LogP contribution in [0.5, 0.6) is 0 Å². The molecular weight excluding hydrogens is 239 g/mol. The van der Waals surface area contributed by atoms with E-state index in [9.17, 15) is 22.8 Å². The molecule has 0 bridgehead atoms. The number of carboxylic acids is 1. The molecule has 1 rings (SSSR count). The summed E-state index contributed by atoms with van der Waals surface area (Å²) in [6.07, 6.45) is -4.88. The normalized spacial score (nSPS) is 25.4. The summed E-state index contributed by atoms with van der Waals surface area (Å²) in [5.41, 5.74) is -1.26. The van der Waals surface area contributed by atoms with Crippen molar-refractivity contribution in [2.75, 3.05) is 13.1 Å². The van der Waals surface area contributed by atoms with Gasteiger partial charge in [-0.05, 0) is 12.3 Å². The molecule has 1 amide bonds. The van der Waals surface area contributed by atoms with E-state index in [4.69, 9.17) is 5.11 Å². The first-order valence-corrected chi connectivity index (χ1v) is 5.21. The van der Waals surface area contributed by atoms with Crippen molar-refractivity contribution in [1.29, 1.82) is 0 Å². The van der Waals surface area contributed by atoms with Crippen LogP contribution in [0, 0.1) is 11.3 Å². The van der Waals surface area contributed by atoms with Crippen LogP contribution in [0.15, 0.2) is 0 Å². The van der Waals surface area contributed by atoms with Crippen LogP contribution in [0.1, 0.15) is 20.3 Å². The largest absolute Gasteiger partial charge is 0.481 e. The molecule has 4 nitrogen and oxygen atoms in total. The Kier molecular flexibility index (Phi) is 3.40. The van der Waals surface area contributed by atoms with E-state index >= 15 is 0 Å². The number of carbonyl (C=O) groups is 2. The van der Waals surface area contributed by atoms with Gasteiger partial charge in [0.2, 0.25) is 0 Å². The minimum atomic E-state index is -4.94. The second-order valence-corrected chi connectivity index (χ2v) is 4.59. The highest BCUT2D eigenvalue weighted by Crippen LogP contribution is 2.39. The maximum Gasteiger partial charge on any atom is 0.471 e. The minimum absolute atomic E-state index is 0.0574. The monoisotopic (exact) mass is 253 g/mol. The zero-order chi connectivity index (χ0) is 13.4. The lowest BCUT2D eigenvalue weighted by Gasteiger charge is -2.28. The van der Waals surface area contributed by atoms with Crippen molar-refractivity contribution in [3.63, 3.8) is 0 Å². The van der Waals surface area contributed by atoms with E-state index in [-0.39, 0.29) is 25.4 Å². The van der Waals surface area contributed by atoms with Gasteiger partial charge in [-0.1, -0.05) is 13.8 Å². The zero-order valence-electron chi connectivity index (χ0n) is 9.54. The van der Waals surface area contributed by atoms with Crippen LogP contribution >= 0.6 is 0 Å². The van der Waals surface area contributed by atoms with Crippen LogP contribution in [0.2, 0.25) is 0 Å². The summed E-state index contributed by atoms with van der Waals surface area (Å²) in [5.74, 6) is -3.43. The Labute approximate surface area is 96.4 Å². The van der Waals surface area contributed by atoms with Gasteiger partial charge in [-0.3, -0.25) is 9.59 Å². The highest BCUT2D eigenvalue weighted by Gasteiger charge is 2.52. The molecule has 98 valence electrons. The molecule has 1 fully saturated rings. The Morgan fingerprint density at radius 2 is 1.88 bits per heavy atom. The number of hydrogen-bond acceptors (Lipinski definition) is 2. The third kappa shape index (κ3) is 2.37. The van der Waals surface area contributed by atoms with E-state index in [0.29, 0.717) is 4.90 Å². The lowest BCUT2D eigenvalue weighted by atomic mass is 9.76. The summed E-state index contributed by atoms with van der Waals surface area (Å²) in [4.78, 5) is 22.7. The molecule has 0 saturated carbocycles. The quantitative estimate of drug-likeness (QED) is 0.811. The van der Waals surface area contributed by atoms with Crippen LogP contribution in [-0.4, -0.2) is 41.1 Å². The van der Waals surface area contributed by atoms with Crippen LogP contribution in [-0.2, 0) is 9.59 Å². The molecule has 1 atom stereocenters. The minimum Gasteiger partial charge on any atom is -0.481 e. The molecule has 1 N–H and O–H groups in total. The van der Waals surface area contributed by atoms with Gasteiger partial charge in [-0.2, -0.15) is 13.2 Å². The fourth-order valence-corrected chi connectivity index (χ4v) is 2.08. The summed E-state index contributed by atoms with van der Waals surface area (Å²) in [6, 6.07) is 0. The van der Waals surface area contributed by atoms with Crippen LogP contribution < -0.4 is 0 Å². The maximum absolute atomic E-state index is 12.2. The molecule has 0 aromatic rings. The van der Waals surface area contributed by atoms with Gasteiger partial charge in [0.15, 0.2) is 0 Å². The number of hydrogen-bond donors (Lipinski definition) is 1. The second kappa shape index (κ2) is 4.19. The fourth-order valence-electron chi connectivity index (χ4n) is 2.08. The molecule has 1 saturated heterocycles. The number of carbonyl (C=O) groups excluding carboxylic acids is 1. The maximum atomic E-state index is 12.2. The Bertz CT molecular complexity index is 340. The first-order valence-electron chi connectivity index (χ1n) is 5.21. The van der Waals surface area contributed by atoms with Crippen LogP contribution in [0.25, 0.3) is 0 Å². The molecule has 1 aliphatic heterocycles. The molecule has 0 aliphatic carbocycles. The van der Waals surface area contributed by atoms with Gasteiger partial charge in [0.25, 0.3) is 0 Å². The van der Waals surface area contributed by atoms with Gasteiger partial charge in [-0.15, -0.1) is 0 Å². The fraction of sp³-hybridized carbons (Fsp3) is 0.800. The van der Waals surface area contributed by atoms with E-state index < -0.39 is 23.5 Å². The third-order valence-corrected chi connectivity index (χ3v) is 3.36. The lowest BCUT2D eigenvalue weighted by Crippen LogP contribution is -2.44. The highest BCUT2D eigenvalue weighted by atomic mass is 19.4. The van der Waals surface area contributed by atoms with Gasteiger partial charge >= 0.3 is 18.1 Å². The average molecular weight is 253 g/mol. The zero-order valence-corrected chi connectivity index (χ0v) is 9.54. The van der Waals surface area contributed by atoms with E-state index in [2.05, 4.69) is 0 Å². The summed E-state index contributed by atoms with van der Waals surface area (Å²) < 4.78 is 36.6. The van der Waals surface area contributed by atoms with Gasteiger partial charge < -0.3 is 10.0 Å². The van der Waals surface area contributed by atoms with E-state index in [1.165, 1.54) is 0 Å². The Morgan fingerprint density at radius 3 is 2.18 bits per heavy atom. The van der Waals surface area contributed by atoms with Crippen molar-refractivity contribution in [3.05, 3.63) is 0 Å². The average Bonchev–Trinajstić information content (AvgIpc) is 2.60. The topological polar surface area (TPSA) is 57.6 Å². The SMILES string of the molecule is CC(C)C1(C(=O)O)CCN(C(=O)C(F)(F)F)C1. The van der Waals surface area contributed by atoms with E-state index in [1.807, 2.05) is 0 Å². The molecule has 1 aliphatic rings. The summed E-state index contributed by atoms with van der Waals surface area (Å²) in [7, 11) is 0. The van der Waals surface area contributed by atoms with Crippen molar-refractivity contribution >= 4 is 11.9 Å². The number of likely N-dealkylation sites (tertiary alicyclic amines) is 1. The van der Waals surface area contributed by atoms with Crippen LogP contribution in [0.3, 0.4) is 0 Å². The van der Waals surface area contributed by atoms with Gasteiger partial charge in [-0.25, -0.2) is 0 Å². The molecule has 7 heteroatoms. The standard InChI is InChI=1S/C10H14F3NO3/c1-6(2)9(8(16)17)3-4-14(5-9)7(15)10(11,12)13/h6H,3-5H2,1-2H3,(H,16,17). The lowest BCUT2D eigenvalue weighted by molar-refractivity contribution is -0.185. The number of rotatable bonds is 2. The number of amides is 1. The van der Waals surface area contributed by atoms with Gasteiger partial charge in [0, 0.05) is 13.1 Å². The van der Waals surface area contributed by atoms with Crippen molar-refractivity contribution in [1.82, 2.24) is 4.90 Å². The van der Waals surface area contributed by atoms with Crippen molar-refractivity contribution in [2.45, 2.75) is 26.4 Å². The summed E-state index contributed by atoms with van der Waals surface area (Å²) in [5, 5.41) is 9.12. The molecule has 0 radical (unpaired) electrons. The number of nitrogens with zero attached hydrogens (tertiary/aromatic N) is 1. The number of alkyl halides is 3. The molecule has 17 heavy (non-hydrogen) atoms. The van der Waals surface area contributed by atoms with E-state index in [0.717, 1.165) is 0 Å².